The summed E-state index contributed by atoms with van der Waals surface area (Å²) in [5, 5.41) is 3.11. The van der Waals surface area contributed by atoms with Crippen molar-refractivity contribution in [2.45, 2.75) is 43.9 Å². The van der Waals surface area contributed by atoms with Crippen LogP contribution in [0, 0.1) is 5.41 Å². The molecule has 0 spiro atoms. The largest absolute Gasteiger partial charge is 0.320 e. The van der Waals surface area contributed by atoms with Crippen molar-refractivity contribution in [1.29, 1.82) is 0 Å². The molecule has 0 aromatic heterocycles. The molecule has 118 valence electrons. The van der Waals surface area contributed by atoms with Gasteiger partial charge in [0.15, 0.2) is 0 Å². The monoisotopic (exact) mass is 310 g/mol. The van der Waals surface area contributed by atoms with Gasteiger partial charge >= 0.3 is 0 Å². The number of sulfonamides is 1. The van der Waals surface area contributed by atoms with E-state index in [-0.39, 0.29) is 5.41 Å². The van der Waals surface area contributed by atoms with Crippen LogP contribution in [0.3, 0.4) is 0 Å². The highest BCUT2D eigenvalue weighted by atomic mass is 32.2. The Balaban J connectivity index is 1.93. The summed E-state index contributed by atoms with van der Waals surface area (Å²) in [5.74, 6) is 0. The van der Waals surface area contributed by atoms with Crippen molar-refractivity contribution in [2.24, 2.45) is 5.41 Å². The standard InChI is InChI=1S/C16H26N2O2S/c1-3-16(10-11-16)13-18-21(19,20)15-8-6-14(7-9-15)5-4-12-17-2/h6-9,17-18H,3-5,10-13H2,1-2H3. The molecule has 0 aliphatic heterocycles. The van der Waals surface area contributed by atoms with Crippen molar-refractivity contribution in [3.63, 3.8) is 0 Å². The molecule has 1 fully saturated rings. The first-order valence-electron chi connectivity index (χ1n) is 7.74. The van der Waals surface area contributed by atoms with Gasteiger partial charge in [0.25, 0.3) is 0 Å². The molecule has 1 aromatic rings. The highest BCUT2D eigenvalue weighted by molar-refractivity contribution is 7.89. The third-order valence-electron chi connectivity index (χ3n) is 4.47. The summed E-state index contributed by atoms with van der Waals surface area (Å²) in [6.45, 7) is 3.66. The zero-order chi connectivity index (χ0) is 15.3. The van der Waals surface area contributed by atoms with E-state index in [0.29, 0.717) is 11.4 Å². The number of hydrogen-bond donors (Lipinski definition) is 2. The molecule has 0 heterocycles. The van der Waals surface area contributed by atoms with Crippen molar-refractivity contribution in [2.75, 3.05) is 20.1 Å². The van der Waals surface area contributed by atoms with Gasteiger partial charge in [-0.25, -0.2) is 13.1 Å². The van der Waals surface area contributed by atoms with Gasteiger partial charge in [-0.15, -0.1) is 0 Å². The Morgan fingerprint density at radius 2 is 1.86 bits per heavy atom. The van der Waals surface area contributed by atoms with Gasteiger partial charge in [0, 0.05) is 6.54 Å². The van der Waals surface area contributed by atoms with E-state index in [0.717, 1.165) is 38.6 Å². The molecule has 4 nitrogen and oxygen atoms in total. The molecular formula is C16H26N2O2S. The number of hydrogen-bond acceptors (Lipinski definition) is 3. The molecule has 0 radical (unpaired) electrons. The summed E-state index contributed by atoms with van der Waals surface area (Å²) in [6, 6.07) is 7.25. The summed E-state index contributed by atoms with van der Waals surface area (Å²) >= 11 is 0. The Kier molecular flexibility index (Phi) is 5.41. The molecule has 0 bridgehead atoms. The van der Waals surface area contributed by atoms with Gasteiger partial charge in [-0.3, -0.25) is 0 Å². The Labute approximate surface area is 128 Å². The second-order valence-electron chi connectivity index (χ2n) is 6.03. The number of benzene rings is 1. The minimum Gasteiger partial charge on any atom is -0.320 e. The van der Waals surface area contributed by atoms with E-state index in [1.54, 1.807) is 12.1 Å². The first-order valence-corrected chi connectivity index (χ1v) is 9.23. The molecule has 0 amide bonds. The van der Waals surface area contributed by atoms with Crippen LogP contribution in [0.5, 0.6) is 0 Å². The Morgan fingerprint density at radius 3 is 2.38 bits per heavy atom. The highest BCUT2D eigenvalue weighted by Gasteiger charge is 2.41. The number of rotatable bonds is 9. The quantitative estimate of drug-likeness (QED) is 0.688. The zero-order valence-electron chi connectivity index (χ0n) is 13.0. The molecule has 21 heavy (non-hydrogen) atoms. The highest BCUT2D eigenvalue weighted by Crippen LogP contribution is 2.48. The molecule has 1 aromatic carbocycles. The lowest BCUT2D eigenvalue weighted by Crippen LogP contribution is -2.30. The smallest absolute Gasteiger partial charge is 0.240 e. The molecule has 0 unspecified atom stereocenters. The molecule has 0 saturated heterocycles. The van der Waals surface area contributed by atoms with E-state index in [1.807, 2.05) is 19.2 Å². The molecule has 1 saturated carbocycles. The minimum atomic E-state index is -3.37. The van der Waals surface area contributed by atoms with E-state index in [2.05, 4.69) is 17.0 Å². The second kappa shape index (κ2) is 6.90. The average Bonchev–Trinajstić information content (AvgIpc) is 3.27. The van der Waals surface area contributed by atoms with Gasteiger partial charge in [-0.05, 0) is 68.8 Å². The summed E-state index contributed by atoms with van der Waals surface area (Å²) in [6.07, 6.45) is 5.33. The predicted octanol–water partition coefficient (Wildman–Crippen LogP) is 2.31. The second-order valence-corrected chi connectivity index (χ2v) is 7.80. The lowest BCUT2D eigenvalue weighted by Gasteiger charge is -2.14. The third kappa shape index (κ3) is 4.53. The van der Waals surface area contributed by atoms with Crippen molar-refractivity contribution in [3.05, 3.63) is 29.8 Å². The Morgan fingerprint density at radius 1 is 1.19 bits per heavy atom. The van der Waals surface area contributed by atoms with Gasteiger partial charge in [0.2, 0.25) is 10.0 Å². The molecular weight excluding hydrogens is 284 g/mol. The normalized spacial score (nSPS) is 16.9. The van der Waals surface area contributed by atoms with Gasteiger partial charge in [-0.2, -0.15) is 0 Å². The SMILES string of the molecule is CCC1(CNS(=O)(=O)c2ccc(CCCNC)cc2)CC1. The minimum absolute atomic E-state index is 0.222. The van der Waals surface area contributed by atoms with Gasteiger partial charge < -0.3 is 5.32 Å². The van der Waals surface area contributed by atoms with Gasteiger partial charge in [0.05, 0.1) is 4.90 Å². The summed E-state index contributed by atoms with van der Waals surface area (Å²) < 4.78 is 27.3. The maximum absolute atomic E-state index is 12.3. The van der Waals surface area contributed by atoms with Crippen LogP contribution in [0.1, 0.15) is 38.2 Å². The van der Waals surface area contributed by atoms with Crippen LogP contribution in [0.4, 0.5) is 0 Å². The van der Waals surface area contributed by atoms with E-state index < -0.39 is 10.0 Å². The van der Waals surface area contributed by atoms with E-state index in [1.165, 1.54) is 5.56 Å². The lowest BCUT2D eigenvalue weighted by molar-refractivity contribution is 0.475. The van der Waals surface area contributed by atoms with Crippen molar-refractivity contribution < 1.29 is 8.42 Å². The molecule has 1 aliphatic carbocycles. The van der Waals surface area contributed by atoms with Crippen LogP contribution in [0.2, 0.25) is 0 Å². The van der Waals surface area contributed by atoms with E-state index >= 15 is 0 Å². The topological polar surface area (TPSA) is 58.2 Å². The fourth-order valence-electron chi connectivity index (χ4n) is 2.47. The number of nitrogens with one attached hydrogen (secondary N) is 2. The van der Waals surface area contributed by atoms with Crippen molar-refractivity contribution >= 4 is 10.0 Å². The van der Waals surface area contributed by atoms with Crippen LogP contribution in [-0.4, -0.2) is 28.6 Å². The third-order valence-corrected chi connectivity index (χ3v) is 5.89. The lowest BCUT2D eigenvalue weighted by atomic mass is 10.1. The Hall–Kier alpha value is -0.910. The van der Waals surface area contributed by atoms with E-state index in [9.17, 15) is 8.42 Å². The maximum atomic E-state index is 12.3. The van der Waals surface area contributed by atoms with Crippen LogP contribution in [0.15, 0.2) is 29.2 Å². The summed E-state index contributed by atoms with van der Waals surface area (Å²) in [7, 11) is -1.43. The Bertz CT molecular complexity index is 548. The molecule has 5 heteroatoms. The van der Waals surface area contributed by atoms with Gasteiger partial charge in [0.1, 0.15) is 0 Å². The van der Waals surface area contributed by atoms with Crippen LogP contribution < -0.4 is 10.0 Å². The van der Waals surface area contributed by atoms with Crippen molar-refractivity contribution in [1.82, 2.24) is 10.0 Å². The van der Waals surface area contributed by atoms with E-state index in [4.69, 9.17) is 0 Å². The van der Waals surface area contributed by atoms with Crippen LogP contribution >= 0.6 is 0 Å². The molecule has 2 rings (SSSR count). The van der Waals surface area contributed by atoms with Crippen LogP contribution in [-0.2, 0) is 16.4 Å². The molecule has 2 N–H and O–H groups in total. The summed E-state index contributed by atoms with van der Waals surface area (Å²) in [4.78, 5) is 0.367. The number of aryl methyl sites for hydroxylation is 1. The van der Waals surface area contributed by atoms with Crippen molar-refractivity contribution in [3.8, 4) is 0 Å². The summed E-state index contributed by atoms with van der Waals surface area (Å²) in [5.41, 5.74) is 1.40. The molecule has 1 aliphatic rings. The fraction of sp³-hybridized carbons (Fsp3) is 0.625. The average molecular weight is 310 g/mol. The first-order chi connectivity index (χ1) is 10.0. The van der Waals surface area contributed by atoms with Crippen LogP contribution in [0.25, 0.3) is 0 Å². The van der Waals surface area contributed by atoms with Gasteiger partial charge in [-0.1, -0.05) is 19.1 Å². The maximum Gasteiger partial charge on any atom is 0.240 e. The fourth-order valence-corrected chi connectivity index (χ4v) is 3.63. The molecule has 0 atom stereocenters. The zero-order valence-corrected chi connectivity index (χ0v) is 13.8. The first kappa shape index (κ1) is 16.5. The predicted molar refractivity (Wildman–Crippen MR) is 85.8 cm³/mol.